The van der Waals surface area contributed by atoms with Crippen LogP contribution in [0.3, 0.4) is 0 Å². The zero-order chi connectivity index (χ0) is 18.5. The number of piperazine rings is 1. The first kappa shape index (κ1) is 21.2. The summed E-state index contributed by atoms with van der Waals surface area (Å²) in [5.41, 5.74) is 1.98. The molecule has 1 aliphatic rings. The van der Waals surface area contributed by atoms with E-state index in [4.69, 9.17) is 0 Å². The van der Waals surface area contributed by atoms with Gasteiger partial charge in [0.25, 0.3) is 0 Å². The van der Waals surface area contributed by atoms with Crippen molar-refractivity contribution in [3.05, 3.63) is 30.4 Å². The fourth-order valence-electron chi connectivity index (χ4n) is 2.95. The molecule has 9 nitrogen and oxygen atoms in total. The Kier molecular flexibility index (Phi) is 7.63. The third-order valence-corrected chi connectivity index (χ3v) is 4.21. The van der Waals surface area contributed by atoms with Crippen molar-refractivity contribution < 1.29 is 4.79 Å². The molecule has 0 aromatic carbocycles. The maximum Gasteiger partial charge on any atom is 0.246 e. The molecule has 148 valence electrons. The zero-order valence-electron chi connectivity index (χ0n) is 16.0. The molecular formula is C17H27IN8O. The van der Waals surface area contributed by atoms with Crippen LogP contribution in [-0.4, -0.2) is 69.1 Å². The average molecular weight is 486 g/mol. The molecule has 0 saturated carbocycles. The van der Waals surface area contributed by atoms with E-state index in [0.29, 0.717) is 26.2 Å². The van der Waals surface area contributed by atoms with Gasteiger partial charge in [-0.25, -0.2) is 0 Å². The van der Waals surface area contributed by atoms with E-state index in [1.165, 1.54) is 0 Å². The molecule has 0 unspecified atom stereocenters. The lowest BCUT2D eigenvalue weighted by Gasteiger charge is -2.35. The van der Waals surface area contributed by atoms with Crippen LogP contribution in [-0.2, 0) is 18.4 Å². The van der Waals surface area contributed by atoms with Crippen molar-refractivity contribution in [2.24, 2.45) is 12.0 Å². The smallest absolute Gasteiger partial charge is 0.246 e. The number of carbonyl (C=O) groups is 1. The number of aliphatic imine (C=N–C) groups is 1. The van der Waals surface area contributed by atoms with E-state index >= 15 is 0 Å². The molecule has 1 amide bonds. The Labute approximate surface area is 176 Å². The number of aryl methyl sites for hydroxylation is 2. The van der Waals surface area contributed by atoms with E-state index in [-0.39, 0.29) is 29.9 Å². The van der Waals surface area contributed by atoms with Crippen molar-refractivity contribution in [2.45, 2.75) is 20.4 Å². The maximum atomic E-state index is 12.6. The molecule has 0 radical (unpaired) electrons. The van der Waals surface area contributed by atoms with Crippen LogP contribution in [0, 0.1) is 6.92 Å². The largest absolute Gasteiger partial charge is 0.357 e. The minimum absolute atomic E-state index is 0. The molecule has 1 aliphatic heterocycles. The third-order valence-electron chi connectivity index (χ3n) is 4.21. The zero-order valence-corrected chi connectivity index (χ0v) is 18.3. The van der Waals surface area contributed by atoms with Gasteiger partial charge in [0, 0.05) is 39.1 Å². The molecule has 10 heteroatoms. The molecule has 3 heterocycles. The summed E-state index contributed by atoms with van der Waals surface area (Å²) in [4.78, 5) is 21.0. The fraction of sp³-hybridized carbons (Fsp3) is 0.529. The van der Waals surface area contributed by atoms with Crippen molar-refractivity contribution in [2.75, 3.05) is 37.6 Å². The summed E-state index contributed by atoms with van der Waals surface area (Å²) in [6, 6.07) is 0. The van der Waals surface area contributed by atoms with Gasteiger partial charge in [-0.05, 0) is 19.4 Å². The average Bonchev–Trinajstić information content (AvgIpc) is 3.22. The van der Waals surface area contributed by atoms with Gasteiger partial charge < -0.3 is 15.1 Å². The summed E-state index contributed by atoms with van der Waals surface area (Å²) >= 11 is 0. The Morgan fingerprint density at radius 1 is 1.26 bits per heavy atom. The van der Waals surface area contributed by atoms with Crippen LogP contribution in [0.5, 0.6) is 0 Å². The summed E-state index contributed by atoms with van der Waals surface area (Å²) in [5.74, 6) is 0.827. The molecule has 27 heavy (non-hydrogen) atoms. The quantitative estimate of drug-likeness (QED) is 0.385. The van der Waals surface area contributed by atoms with Crippen molar-refractivity contribution >= 4 is 41.5 Å². The van der Waals surface area contributed by atoms with Crippen LogP contribution in [0.25, 0.3) is 0 Å². The molecule has 1 N–H and O–H groups in total. The minimum atomic E-state index is 0. The van der Waals surface area contributed by atoms with E-state index in [0.717, 1.165) is 30.3 Å². The number of halogens is 1. The fourth-order valence-corrected chi connectivity index (χ4v) is 2.95. The van der Waals surface area contributed by atoms with Gasteiger partial charge in [0.05, 0.1) is 31.2 Å². The Balaban J connectivity index is 0.00000261. The molecule has 0 aliphatic carbocycles. The highest BCUT2D eigenvalue weighted by Gasteiger charge is 2.27. The molecule has 0 atom stereocenters. The number of aromatic nitrogens is 4. The van der Waals surface area contributed by atoms with Crippen LogP contribution in [0.1, 0.15) is 12.5 Å². The number of amides is 1. The Morgan fingerprint density at radius 2 is 2.07 bits per heavy atom. The molecule has 0 bridgehead atoms. The normalized spacial score (nSPS) is 15.1. The first-order valence-electron chi connectivity index (χ1n) is 8.88. The molecule has 1 saturated heterocycles. The highest BCUT2D eigenvalue weighted by atomic mass is 127. The third kappa shape index (κ3) is 5.44. The number of hydrogen-bond donors (Lipinski definition) is 1. The monoisotopic (exact) mass is 486 g/mol. The molecule has 0 spiro atoms. The maximum absolute atomic E-state index is 12.6. The van der Waals surface area contributed by atoms with Crippen molar-refractivity contribution in [3.8, 4) is 0 Å². The van der Waals surface area contributed by atoms with E-state index in [1.54, 1.807) is 15.8 Å². The van der Waals surface area contributed by atoms with E-state index in [1.807, 2.05) is 49.1 Å². The molecule has 1 fully saturated rings. The molecule has 3 rings (SSSR count). The van der Waals surface area contributed by atoms with Gasteiger partial charge >= 0.3 is 0 Å². The second-order valence-corrected chi connectivity index (χ2v) is 6.36. The lowest BCUT2D eigenvalue weighted by molar-refractivity contribution is -0.120. The predicted octanol–water partition coefficient (Wildman–Crippen LogP) is 0.857. The topological polar surface area (TPSA) is 83.6 Å². The predicted molar refractivity (Wildman–Crippen MR) is 115 cm³/mol. The highest BCUT2D eigenvalue weighted by Crippen LogP contribution is 2.16. The SMILES string of the molecule is CCNC(=NCCn1cc(C)cn1)N1CCN(c2cnn(C)c2)C(=O)C1.I. The number of carbonyl (C=O) groups excluding carboxylic acids is 1. The van der Waals surface area contributed by atoms with Crippen LogP contribution in [0.15, 0.2) is 29.8 Å². The first-order valence-corrected chi connectivity index (χ1v) is 8.88. The van der Waals surface area contributed by atoms with E-state index in [2.05, 4.69) is 20.5 Å². The Bertz CT molecular complexity index is 784. The standard InChI is InChI=1S/C17H26N8O.HI/c1-4-18-17(19-5-6-24-11-14(2)9-21-24)23-7-8-25(16(26)13-23)15-10-20-22(3)12-15;/h9-12H,4-8,13H2,1-3H3,(H,18,19);1H. The van der Waals surface area contributed by atoms with Crippen LogP contribution in [0.2, 0.25) is 0 Å². The van der Waals surface area contributed by atoms with Crippen LogP contribution < -0.4 is 10.2 Å². The Hall–Kier alpha value is -2.11. The molecule has 2 aromatic heterocycles. The minimum Gasteiger partial charge on any atom is -0.357 e. The number of hydrogen-bond acceptors (Lipinski definition) is 4. The molecular weight excluding hydrogens is 459 g/mol. The first-order chi connectivity index (χ1) is 12.6. The summed E-state index contributed by atoms with van der Waals surface area (Å²) in [5, 5.41) is 11.7. The van der Waals surface area contributed by atoms with Crippen LogP contribution in [0.4, 0.5) is 5.69 Å². The van der Waals surface area contributed by atoms with Gasteiger partial charge in [-0.3, -0.25) is 19.2 Å². The number of nitrogens with zero attached hydrogens (tertiary/aromatic N) is 7. The second kappa shape index (κ2) is 9.72. The number of guanidine groups is 1. The van der Waals surface area contributed by atoms with E-state index < -0.39 is 0 Å². The van der Waals surface area contributed by atoms with Crippen molar-refractivity contribution in [1.82, 2.24) is 29.8 Å². The summed E-state index contributed by atoms with van der Waals surface area (Å²) in [6.45, 7) is 7.79. The summed E-state index contributed by atoms with van der Waals surface area (Å²) in [6.07, 6.45) is 7.42. The van der Waals surface area contributed by atoms with Gasteiger partial charge in [-0.15, -0.1) is 24.0 Å². The van der Waals surface area contributed by atoms with Gasteiger partial charge in [0.1, 0.15) is 6.54 Å². The second-order valence-electron chi connectivity index (χ2n) is 6.36. The van der Waals surface area contributed by atoms with Gasteiger partial charge in [-0.1, -0.05) is 0 Å². The lowest BCUT2D eigenvalue weighted by Crippen LogP contribution is -2.55. The van der Waals surface area contributed by atoms with Gasteiger partial charge in [-0.2, -0.15) is 10.2 Å². The number of rotatable bonds is 5. The summed E-state index contributed by atoms with van der Waals surface area (Å²) in [7, 11) is 1.85. The van der Waals surface area contributed by atoms with E-state index in [9.17, 15) is 4.79 Å². The molecule has 2 aromatic rings. The number of anilines is 1. The van der Waals surface area contributed by atoms with Crippen molar-refractivity contribution in [3.63, 3.8) is 0 Å². The number of nitrogens with one attached hydrogen (secondary N) is 1. The Morgan fingerprint density at radius 3 is 2.67 bits per heavy atom. The van der Waals surface area contributed by atoms with Gasteiger partial charge in [0.2, 0.25) is 5.91 Å². The van der Waals surface area contributed by atoms with Crippen LogP contribution >= 0.6 is 24.0 Å². The highest BCUT2D eigenvalue weighted by molar-refractivity contribution is 14.0. The summed E-state index contributed by atoms with van der Waals surface area (Å²) < 4.78 is 3.59. The lowest BCUT2D eigenvalue weighted by atomic mass is 10.3. The van der Waals surface area contributed by atoms with Crippen molar-refractivity contribution in [1.29, 1.82) is 0 Å². The van der Waals surface area contributed by atoms with Gasteiger partial charge in [0.15, 0.2) is 5.96 Å².